The highest BCUT2D eigenvalue weighted by Gasteiger charge is 2.13. The molecule has 0 spiro atoms. The van der Waals surface area contributed by atoms with Gasteiger partial charge < -0.3 is 19.9 Å². The number of carbonyl (C=O) groups is 1. The zero-order chi connectivity index (χ0) is 24.0. The molecule has 3 rings (SSSR count). The minimum atomic E-state index is -2.95. The number of nitrogens with one attached hydrogen (secondary N) is 1. The van der Waals surface area contributed by atoms with E-state index in [0.29, 0.717) is 33.0 Å². The van der Waals surface area contributed by atoms with Gasteiger partial charge in [0, 0.05) is 29.1 Å². The Morgan fingerprint density at radius 1 is 1.30 bits per heavy atom. The summed E-state index contributed by atoms with van der Waals surface area (Å²) in [6.07, 6.45) is 1.47. The van der Waals surface area contributed by atoms with Crippen LogP contribution in [0.15, 0.2) is 56.5 Å². The molecule has 0 aliphatic heterocycles. The summed E-state index contributed by atoms with van der Waals surface area (Å²) in [5, 5.41) is 13.4. The Labute approximate surface area is 200 Å². The Morgan fingerprint density at radius 3 is 2.82 bits per heavy atom. The van der Waals surface area contributed by atoms with E-state index in [4.69, 9.17) is 9.47 Å². The highest BCUT2D eigenvalue weighted by molar-refractivity contribution is 9.10. The molecule has 2 aromatic carbocycles. The van der Waals surface area contributed by atoms with E-state index >= 15 is 0 Å². The molecule has 1 aromatic heterocycles. The van der Waals surface area contributed by atoms with Crippen molar-refractivity contribution >= 4 is 48.5 Å². The molecule has 0 radical (unpaired) electrons. The summed E-state index contributed by atoms with van der Waals surface area (Å²) in [7, 11) is -2.95. The summed E-state index contributed by atoms with van der Waals surface area (Å²) in [5.74, 6) is 1.19. The number of halogens is 1. The third-order valence-corrected chi connectivity index (χ3v) is 6.75. The molecule has 0 aliphatic carbocycles. The molecule has 1 unspecified atom stereocenters. The zero-order valence-corrected chi connectivity index (χ0v) is 20.9. The van der Waals surface area contributed by atoms with Gasteiger partial charge in [0.2, 0.25) is 0 Å². The van der Waals surface area contributed by atoms with Gasteiger partial charge in [-0.25, -0.2) is 19.0 Å². The van der Waals surface area contributed by atoms with Crippen molar-refractivity contribution in [1.82, 2.24) is 9.97 Å². The van der Waals surface area contributed by atoms with Crippen LogP contribution < -0.4 is 10.1 Å². The number of fused-ring (bicyclic) bond motifs is 1. The van der Waals surface area contributed by atoms with Crippen LogP contribution in [0.1, 0.15) is 19.4 Å². The van der Waals surface area contributed by atoms with Crippen molar-refractivity contribution in [3.05, 3.63) is 52.8 Å². The lowest BCUT2D eigenvalue weighted by Crippen LogP contribution is -2.16. The van der Waals surface area contributed by atoms with Gasteiger partial charge in [-0.3, -0.25) is 0 Å². The predicted octanol–water partition coefficient (Wildman–Crippen LogP) is 4.38. The second-order valence-electron chi connectivity index (χ2n) is 7.28. The molecular formula is C22H25BrN4O5S. The summed E-state index contributed by atoms with van der Waals surface area (Å²) < 4.78 is 28.0. The Kier molecular flexibility index (Phi) is 8.22. The molecule has 9 nitrogen and oxygen atoms in total. The van der Waals surface area contributed by atoms with Gasteiger partial charge in [0.15, 0.2) is 0 Å². The second kappa shape index (κ2) is 10.9. The van der Waals surface area contributed by atoms with Crippen LogP contribution in [0.2, 0.25) is 0 Å². The molecule has 176 valence electrons. The summed E-state index contributed by atoms with van der Waals surface area (Å²) in [6.45, 7) is 4.07. The van der Waals surface area contributed by atoms with Crippen LogP contribution >= 0.6 is 15.9 Å². The van der Waals surface area contributed by atoms with E-state index < -0.39 is 21.9 Å². The molecule has 2 N–H and O–H groups in total. The van der Waals surface area contributed by atoms with E-state index in [1.165, 1.54) is 12.6 Å². The molecule has 0 fully saturated rings. The van der Waals surface area contributed by atoms with Crippen molar-refractivity contribution < 1.29 is 23.6 Å². The first-order chi connectivity index (χ1) is 15.7. The highest BCUT2D eigenvalue weighted by atomic mass is 79.9. The van der Waals surface area contributed by atoms with Crippen LogP contribution in [0.4, 0.5) is 10.6 Å². The highest BCUT2D eigenvalue weighted by Crippen LogP contribution is 2.32. The first kappa shape index (κ1) is 24.9. The lowest BCUT2D eigenvalue weighted by atomic mass is 10.2. The number of rotatable bonds is 8. The third kappa shape index (κ3) is 6.62. The Morgan fingerprint density at radius 2 is 2.09 bits per heavy atom. The first-order valence-electron chi connectivity index (χ1n) is 10.2. The van der Waals surface area contributed by atoms with Crippen molar-refractivity contribution in [2.75, 3.05) is 24.7 Å². The van der Waals surface area contributed by atoms with Crippen LogP contribution in [0.3, 0.4) is 0 Å². The molecule has 0 bridgehead atoms. The van der Waals surface area contributed by atoms with E-state index in [0.717, 1.165) is 10.9 Å². The number of hydrogen-bond donors (Lipinski definition) is 2. The van der Waals surface area contributed by atoms with E-state index in [1.807, 2.05) is 12.1 Å². The van der Waals surface area contributed by atoms with Crippen LogP contribution in [0.25, 0.3) is 10.9 Å². The average molecular weight is 537 g/mol. The van der Waals surface area contributed by atoms with Crippen LogP contribution in [-0.4, -0.2) is 50.9 Å². The fraction of sp³-hybridized carbons (Fsp3) is 0.318. The zero-order valence-electron chi connectivity index (χ0n) is 18.4. The minimum Gasteiger partial charge on any atom is -0.488 e. The molecule has 1 heterocycles. The van der Waals surface area contributed by atoms with Crippen LogP contribution in [0.5, 0.6) is 5.75 Å². The largest absolute Gasteiger partial charge is 0.488 e. The lowest BCUT2D eigenvalue weighted by molar-refractivity contribution is 0.164. The summed E-state index contributed by atoms with van der Waals surface area (Å²) >= 11 is 3.52. The SMILES string of the molecule is CCOC(=O)N=S(C)(=O)c1cccc(COc2cc3ncnc(NC[C@@H](C)O)c3cc2Br)c1. The number of aliphatic hydroxyl groups excluding tert-OH is 1. The number of carbonyl (C=O) groups excluding carboxylic acids is 1. The molecule has 0 aliphatic rings. The maximum atomic E-state index is 12.9. The number of aromatic nitrogens is 2. The molecule has 0 saturated heterocycles. The Balaban J connectivity index is 1.81. The number of aliphatic hydroxyl groups is 1. The first-order valence-corrected chi connectivity index (χ1v) is 12.9. The Hall–Kier alpha value is -2.76. The third-order valence-electron chi connectivity index (χ3n) is 4.50. The average Bonchev–Trinajstić information content (AvgIpc) is 2.76. The smallest absolute Gasteiger partial charge is 0.442 e. The molecular weight excluding hydrogens is 512 g/mol. The van der Waals surface area contributed by atoms with Gasteiger partial charge in [0.1, 0.15) is 24.5 Å². The van der Waals surface area contributed by atoms with E-state index in [9.17, 15) is 14.1 Å². The van der Waals surface area contributed by atoms with Crippen LogP contribution in [-0.2, 0) is 21.1 Å². The van der Waals surface area contributed by atoms with E-state index in [2.05, 4.69) is 35.6 Å². The summed E-state index contributed by atoms with van der Waals surface area (Å²) in [4.78, 5) is 20.6. The standard InChI is InChI=1S/C22H25BrN4O5S/c1-4-31-22(29)27-33(3,30)16-7-5-6-15(8-16)12-32-20-10-19-17(9-18(20)23)21(26-13-25-19)24-11-14(2)28/h5-10,13-14,28H,4,11-12H2,1-3H3,(H,24,25,26)/t14-,33?/m1/s1. The van der Waals surface area contributed by atoms with E-state index in [1.54, 1.807) is 38.1 Å². The second-order valence-corrected chi connectivity index (χ2v) is 10.4. The van der Waals surface area contributed by atoms with Gasteiger partial charge in [-0.2, -0.15) is 0 Å². The van der Waals surface area contributed by atoms with Crippen molar-refractivity contribution in [3.63, 3.8) is 0 Å². The number of amides is 1. The Bertz CT molecular complexity index is 1270. The normalized spacial score (nSPS) is 13.7. The summed E-state index contributed by atoms with van der Waals surface area (Å²) in [6, 6.07) is 10.6. The quantitative estimate of drug-likeness (QED) is 0.434. The van der Waals surface area contributed by atoms with Gasteiger partial charge in [-0.15, -0.1) is 4.36 Å². The lowest BCUT2D eigenvalue weighted by Gasteiger charge is -2.13. The number of benzene rings is 2. The van der Waals surface area contributed by atoms with Gasteiger partial charge in [-0.05, 0) is 53.5 Å². The van der Waals surface area contributed by atoms with Gasteiger partial charge in [0.05, 0.1) is 32.4 Å². The van der Waals surface area contributed by atoms with Gasteiger partial charge in [0.25, 0.3) is 0 Å². The topological polar surface area (TPSA) is 123 Å². The molecule has 33 heavy (non-hydrogen) atoms. The van der Waals surface area contributed by atoms with Crippen molar-refractivity contribution in [2.24, 2.45) is 4.36 Å². The number of hydrogen-bond acceptors (Lipinski definition) is 8. The van der Waals surface area contributed by atoms with Crippen molar-refractivity contribution in [2.45, 2.75) is 31.5 Å². The number of anilines is 1. The van der Waals surface area contributed by atoms with E-state index in [-0.39, 0.29) is 13.2 Å². The molecule has 11 heteroatoms. The molecule has 2 atom stereocenters. The number of ether oxygens (including phenoxy) is 2. The summed E-state index contributed by atoms with van der Waals surface area (Å²) in [5.41, 5.74) is 1.44. The minimum absolute atomic E-state index is 0.162. The molecule has 3 aromatic rings. The monoisotopic (exact) mass is 536 g/mol. The van der Waals surface area contributed by atoms with Crippen molar-refractivity contribution in [1.29, 1.82) is 0 Å². The predicted molar refractivity (Wildman–Crippen MR) is 130 cm³/mol. The maximum Gasteiger partial charge on any atom is 0.442 e. The van der Waals surface area contributed by atoms with Crippen molar-refractivity contribution in [3.8, 4) is 5.75 Å². The van der Waals surface area contributed by atoms with Gasteiger partial charge in [-0.1, -0.05) is 12.1 Å². The maximum absolute atomic E-state index is 12.9. The molecule has 0 saturated carbocycles. The van der Waals surface area contributed by atoms with Crippen LogP contribution in [0, 0.1) is 0 Å². The van der Waals surface area contributed by atoms with Gasteiger partial charge >= 0.3 is 6.09 Å². The fourth-order valence-corrected chi connectivity index (χ4v) is 4.53. The number of nitrogens with zero attached hydrogens (tertiary/aromatic N) is 3. The molecule has 1 amide bonds. The fourth-order valence-electron chi connectivity index (χ4n) is 2.93.